The second kappa shape index (κ2) is 6.78. The monoisotopic (exact) mass is 427 g/mol. The van der Waals surface area contributed by atoms with Crippen molar-refractivity contribution in [2.45, 2.75) is 45.4 Å². The first-order valence-electron chi connectivity index (χ1n) is 11.8. The van der Waals surface area contributed by atoms with E-state index in [9.17, 15) is 0 Å². The molecule has 1 aliphatic carbocycles. The van der Waals surface area contributed by atoms with Gasteiger partial charge in [0.1, 0.15) is 0 Å². The van der Waals surface area contributed by atoms with Crippen molar-refractivity contribution < 1.29 is 0 Å². The van der Waals surface area contributed by atoms with Crippen LogP contribution in [0.4, 0.5) is 0 Å². The molecule has 1 aliphatic rings. The molecule has 0 atom stereocenters. The summed E-state index contributed by atoms with van der Waals surface area (Å²) in [5, 5.41) is 5.18. The average Bonchev–Trinajstić information content (AvgIpc) is 3.05. The van der Waals surface area contributed by atoms with Crippen LogP contribution in [0.1, 0.15) is 51.3 Å². The van der Waals surface area contributed by atoms with Gasteiger partial charge in [0.2, 0.25) is 0 Å². The third kappa shape index (κ3) is 2.88. The van der Waals surface area contributed by atoms with Crippen molar-refractivity contribution in [3.05, 3.63) is 102 Å². The van der Waals surface area contributed by atoms with Gasteiger partial charge in [-0.05, 0) is 60.8 Å². The van der Waals surface area contributed by atoms with Crippen molar-refractivity contribution in [3.63, 3.8) is 0 Å². The maximum absolute atomic E-state index is 5.00. The lowest BCUT2D eigenvalue weighted by Gasteiger charge is -2.25. The molecule has 1 nitrogen and oxygen atoms in total. The SMILES string of the molecule is CC(C)(C)c1ccc2c(-c3nccc4c3C(C)(C)c3c-4ccc4ccccc34)cccc2c1. The Morgan fingerprint density at radius 3 is 2.21 bits per heavy atom. The molecule has 0 fully saturated rings. The fraction of sp³-hybridized carbons (Fsp3) is 0.219. The van der Waals surface area contributed by atoms with Crippen LogP contribution in [-0.2, 0) is 10.8 Å². The fourth-order valence-electron chi connectivity index (χ4n) is 5.77. The summed E-state index contributed by atoms with van der Waals surface area (Å²) in [5.41, 5.74) is 9.08. The van der Waals surface area contributed by atoms with Crippen LogP contribution in [0.15, 0.2) is 85.1 Å². The molecule has 1 heteroatoms. The first-order chi connectivity index (χ1) is 15.8. The minimum absolute atomic E-state index is 0.126. The maximum Gasteiger partial charge on any atom is 0.0755 e. The van der Waals surface area contributed by atoms with Gasteiger partial charge in [0.05, 0.1) is 5.69 Å². The molecule has 0 saturated carbocycles. The van der Waals surface area contributed by atoms with E-state index in [1.807, 2.05) is 6.20 Å². The quantitative estimate of drug-likeness (QED) is 0.261. The van der Waals surface area contributed by atoms with Crippen LogP contribution in [-0.4, -0.2) is 4.98 Å². The highest BCUT2D eigenvalue weighted by atomic mass is 14.7. The minimum atomic E-state index is -0.136. The predicted molar refractivity (Wildman–Crippen MR) is 141 cm³/mol. The van der Waals surface area contributed by atoms with Crippen LogP contribution in [0, 0.1) is 0 Å². The van der Waals surface area contributed by atoms with Crippen molar-refractivity contribution in [2.24, 2.45) is 0 Å². The number of pyridine rings is 1. The first kappa shape index (κ1) is 20.2. The molecule has 162 valence electrons. The zero-order valence-electron chi connectivity index (χ0n) is 20.0. The second-order valence-electron chi connectivity index (χ2n) is 10.9. The Labute approximate surface area is 196 Å². The Balaban J connectivity index is 1.63. The molecule has 0 amide bonds. The highest BCUT2D eigenvalue weighted by Crippen LogP contribution is 2.54. The molecule has 0 saturated heterocycles. The Morgan fingerprint density at radius 1 is 0.636 bits per heavy atom. The van der Waals surface area contributed by atoms with E-state index in [1.165, 1.54) is 54.9 Å². The fourth-order valence-corrected chi connectivity index (χ4v) is 5.77. The summed E-state index contributed by atoms with van der Waals surface area (Å²) in [6.45, 7) is 11.5. The summed E-state index contributed by atoms with van der Waals surface area (Å²) in [7, 11) is 0. The van der Waals surface area contributed by atoms with Gasteiger partial charge >= 0.3 is 0 Å². The van der Waals surface area contributed by atoms with Gasteiger partial charge in [-0.15, -0.1) is 0 Å². The number of hydrogen-bond donors (Lipinski definition) is 0. The molecule has 0 unspecified atom stereocenters. The lowest BCUT2D eigenvalue weighted by Crippen LogP contribution is -2.17. The molecule has 4 aromatic carbocycles. The van der Waals surface area contributed by atoms with Gasteiger partial charge in [-0.3, -0.25) is 4.98 Å². The van der Waals surface area contributed by atoms with Crippen LogP contribution in [0.25, 0.3) is 43.9 Å². The Hall–Kier alpha value is -3.45. The largest absolute Gasteiger partial charge is 0.256 e. The normalized spacial score (nSPS) is 14.5. The Morgan fingerprint density at radius 2 is 1.39 bits per heavy atom. The highest BCUT2D eigenvalue weighted by Gasteiger charge is 2.39. The first-order valence-corrected chi connectivity index (χ1v) is 11.8. The Kier molecular flexibility index (Phi) is 4.14. The van der Waals surface area contributed by atoms with Crippen LogP contribution in [0.5, 0.6) is 0 Å². The van der Waals surface area contributed by atoms with Crippen LogP contribution in [0.3, 0.4) is 0 Å². The number of hydrogen-bond acceptors (Lipinski definition) is 1. The summed E-state index contributed by atoms with van der Waals surface area (Å²) >= 11 is 0. The maximum atomic E-state index is 5.00. The van der Waals surface area contributed by atoms with Crippen LogP contribution in [0.2, 0.25) is 0 Å². The van der Waals surface area contributed by atoms with Crippen LogP contribution >= 0.6 is 0 Å². The van der Waals surface area contributed by atoms with Crippen LogP contribution < -0.4 is 0 Å². The van der Waals surface area contributed by atoms with Gasteiger partial charge in [0.25, 0.3) is 0 Å². The van der Waals surface area contributed by atoms with Gasteiger partial charge in [-0.2, -0.15) is 0 Å². The van der Waals surface area contributed by atoms with E-state index in [-0.39, 0.29) is 10.8 Å². The smallest absolute Gasteiger partial charge is 0.0755 e. The summed E-state index contributed by atoms with van der Waals surface area (Å²) in [6.07, 6.45) is 1.98. The minimum Gasteiger partial charge on any atom is -0.256 e. The molecule has 1 aromatic heterocycles. The lowest BCUT2D eigenvalue weighted by molar-refractivity contribution is 0.591. The Bertz CT molecular complexity index is 1560. The molecule has 0 aliphatic heterocycles. The molecule has 0 bridgehead atoms. The number of aromatic nitrogens is 1. The van der Waals surface area contributed by atoms with Gasteiger partial charge < -0.3 is 0 Å². The van der Waals surface area contributed by atoms with Crippen molar-refractivity contribution in [1.82, 2.24) is 4.98 Å². The molecule has 5 aromatic rings. The molecular weight excluding hydrogens is 398 g/mol. The van der Waals surface area contributed by atoms with Crippen molar-refractivity contribution >= 4 is 21.5 Å². The number of benzene rings is 4. The van der Waals surface area contributed by atoms with Gasteiger partial charge in [-0.25, -0.2) is 0 Å². The zero-order valence-corrected chi connectivity index (χ0v) is 20.0. The van der Waals surface area contributed by atoms with E-state index >= 15 is 0 Å². The molecule has 1 heterocycles. The van der Waals surface area contributed by atoms with E-state index < -0.39 is 0 Å². The zero-order chi connectivity index (χ0) is 23.0. The lowest BCUT2D eigenvalue weighted by atomic mass is 9.78. The van der Waals surface area contributed by atoms with Crippen molar-refractivity contribution in [3.8, 4) is 22.4 Å². The summed E-state index contributed by atoms with van der Waals surface area (Å²) in [5.74, 6) is 0. The summed E-state index contributed by atoms with van der Waals surface area (Å²) in [6, 6.07) is 29.1. The van der Waals surface area contributed by atoms with Gasteiger partial charge in [0, 0.05) is 17.2 Å². The second-order valence-corrected chi connectivity index (χ2v) is 10.9. The summed E-state index contributed by atoms with van der Waals surface area (Å²) in [4.78, 5) is 5.00. The van der Waals surface area contributed by atoms with Crippen molar-refractivity contribution in [1.29, 1.82) is 0 Å². The topological polar surface area (TPSA) is 12.9 Å². The molecule has 0 N–H and O–H groups in total. The van der Waals surface area contributed by atoms with Gasteiger partial charge in [-0.1, -0.05) is 107 Å². The number of rotatable bonds is 1. The molecule has 33 heavy (non-hydrogen) atoms. The predicted octanol–water partition coefficient (Wildman–Crippen LogP) is 8.66. The third-order valence-electron chi connectivity index (χ3n) is 7.42. The van der Waals surface area contributed by atoms with Gasteiger partial charge in [0.15, 0.2) is 0 Å². The average molecular weight is 428 g/mol. The van der Waals surface area contributed by atoms with E-state index in [0.29, 0.717) is 0 Å². The standard InChI is InChI=1S/C32H29N/c1-31(2,3)22-14-16-23-21(19-22)10-8-12-27(23)30-29-26(17-18-33-30)25-15-13-20-9-6-7-11-24(20)28(25)32(29,4)5/h6-19H,1-5H3. The highest BCUT2D eigenvalue weighted by molar-refractivity contribution is 6.02. The number of fused-ring (bicyclic) bond motifs is 6. The molecule has 0 spiro atoms. The molecule has 0 radical (unpaired) electrons. The third-order valence-corrected chi connectivity index (χ3v) is 7.42. The van der Waals surface area contributed by atoms with E-state index in [4.69, 9.17) is 4.98 Å². The van der Waals surface area contributed by atoms with Crippen molar-refractivity contribution in [2.75, 3.05) is 0 Å². The summed E-state index contributed by atoms with van der Waals surface area (Å²) < 4.78 is 0. The van der Waals surface area contributed by atoms with E-state index in [2.05, 4.69) is 113 Å². The molecule has 6 rings (SSSR count). The number of nitrogens with zero attached hydrogens (tertiary/aromatic N) is 1. The molecular formula is C32H29N. The van der Waals surface area contributed by atoms with E-state index in [0.717, 1.165) is 5.69 Å². The van der Waals surface area contributed by atoms with E-state index in [1.54, 1.807) is 0 Å².